The van der Waals surface area contributed by atoms with Crippen LogP contribution in [0.1, 0.15) is 32.1 Å². The summed E-state index contributed by atoms with van der Waals surface area (Å²) >= 11 is 5.97. The summed E-state index contributed by atoms with van der Waals surface area (Å²) in [4.78, 5) is 24.8. The van der Waals surface area contributed by atoms with Crippen LogP contribution in [0, 0.1) is 13.8 Å². The number of rotatable bonds is 6. The van der Waals surface area contributed by atoms with Crippen LogP contribution in [0.3, 0.4) is 0 Å². The van der Waals surface area contributed by atoms with Crippen molar-refractivity contribution in [1.29, 1.82) is 0 Å². The number of Topliss-reactive ketones (excluding diaryl/α,β-unsaturated/α-hetero) is 1. The molecule has 3 rings (SSSR count). The van der Waals surface area contributed by atoms with Crippen LogP contribution in [0.4, 0.5) is 0 Å². The van der Waals surface area contributed by atoms with Gasteiger partial charge in [-0.25, -0.2) is 18.4 Å². The molecule has 2 aromatic carbocycles. The van der Waals surface area contributed by atoms with E-state index in [1.165, 1.54) is 18.2 Å². The van der Waals surface area contributed by atoms with Gasteiger partial charge in [0.25, 0.3) is 0 Å². The minimum absolute atomic E-state index is 0.00324. The summed E-state index contributed by atoms with van der Waals surface area (Å²) in [7, 11) is -3.79. The van der Waals surface area contributed by atoms with E-state index in [1.54, 1.807) is 47.9 Å². The molecule has 0 aliphatic carbocycles. The largest absolute Gasteiger partial charge is 0.454 e. The zero-order chi connectivity index (χ0) is 22.1. The average molecular weight is 447 g/mol. The number of carbonyl (C=O) groups excluding carboxylic acids is 2. The quantitative estimate of drug-likeness (QED) is 0.461. The minimum atomic E-state index is -3.79. The normalized spacial score (nSPS) is 11.3. The van der Waals surface area contributed by atoms with Crippen molar-refractivity contribution in [2.75, 3.05) is 6.61 Å². The molecule has 0 saturated carbocycles. The molecule has 0 unspecified atom stereocenters. The molecule has 0 aliphatic rings. The van der Waals surface area contributed by atoms with Gasteiger partial charge in [-0.15, -0.1) is 0 Å². The SMILES string of the molecule is Cc1cc(C(=O)COC(=O)c2ccccc2Cl)c(C)n1-c1ccc(S(N)(=O)=O)cc1. The van der Waals surface area contributed by atoms with Gasteiger partial charge in [-0.2, -0.15) is 0 Å². The van der Waals surface area contributed by atoms with Crippen LogP contribution >= 0.6 is 11.6 Å². The molecule has 30 heavy (non-hydrogen) atoms. The number of esters is 1. The molecule has 9 heteroatoms. The van der Waals surface area contributed by atoms with Gasteiger partial charge in [0.15, 0.2) is 6.61 Å². The fourth-order valence-corrected chi connectivity index (χ4v) is 3.87. The molecule has 0 aliphatic heterocycles. The highest BCUT2D eigenvalue weighted by atomic mass is 35.5. The Morgan fingerprint density at radius 1 is 1.03 bits per heavy atom. The van der Waals surface area contributed by atoms with Gasteiger partial charge < -0.3 is 9.30 Å². The fraction of sp³-hybridized carbons (Fsp3) is 0.143. The monoisotopic (exact) mass is 446 g/mol. The first-order valence-corrected chi connectivity index (χ1v) is 10.8. The second kappa shape index (κ2) is 8.43. The van der Waals surface area contributed by atoms with Gasteiger partial charge in [-0.3, -0.25) is 4.79 Å². The predicted molar refractivity (Wildman–Crippen MR) is 113 cm³/mol. The number of hydrogen-bond donors (Lipinski definition) is 1. The number of nitrogens with two attached hydrogens (primary N) is 1. The van der Waals surface area contributed by atoms with Crippen molar-refractivity contribution in [2.45, 2.75) is 18.7 Å². The van der Waals surface area contributed by atoms with Gasteiger partial charge in [-0.05, 0) is 56.3 Å². The maximum atomic E-state index is 12.6. The summed E-state index contributed by atoms with van der Waals surface area (Å²) in [6.45, 7) is 3.13. The number of aryl methyl sites for hydroxylation is 1. The van der Waals surface area contributed by atoms with E-state index in [0.717, 1.165) is 5.69 Å². The first-order chi connectivity index (χ1) is 14.1. The standard InChI is InChI=1S/C21H19ClN2O5S/c1-13-11-18(20(25)12-29-21(26)17-5-3-4-6-19(17)22)14(2)24(13)15-7-9-16(10-8-15)30(23,27)28/h3-11H,12H2,1-2H3,(H2,23,27,28). The summed E-state index contributed by atoms with van der Waals surface area (Å²) in [5, 5.41) is 5.38. The highest BCUT2D eigenvalue weighted by Gasteiger charge is 2.20. The highest BCUT2D eigenvalue weighted by molar-refractivity contribution is 7.89. The molecular formula is C21H19ClN2O5S. The minimum Gasteiger partial charge on any atom is -0.454 e. The lowest BCUT2D eigenvalue weighted by Crippen LogP contribution is -2.15. The Hall–Kier alpha value is -2.94. The van der Waals surface area contributed by atoms with Crippen molar-refractivity contribution in [3.8, 4) is 5.69 Å². The van der Waals surface area contributed by atoms with Crippen LogP contribution in [-0.4, -0.2) is 31.3 Å². The van der Waals surface area contributed by atoms with Crippen molar-refractivity contribution < 1.29 is 22.7 Å². The zero-order valence-electron chi connectivity index (χ0n) is 16.3. The number of benzene rings is 2. The molecule has 3 aromatic rings. The summed E-state index contributed by atoms with van der Waals surface area (Å²) < 4.78 is 29.8. The second-order valence-electron chi connectivity index (χ2n) is 6.64. The van der Waals surface area contributed by atoms with E-state index in [-0.39, 0.29) is 21.3 Å². The lowest BCUT2D eigenvalue weighted by molar-refractivity contribution is 0.0474. The predicted octanol–water partition coefficient (Wildman–Crippen LogP) is 3.43. The molecule has 0 saturated heterocycles. The van der Waals surface area contributed by atoms with Gasteiger partial charge in [-0.1, -0.05) is 23.7 Å². The second-order valence-corrected chi connectivity index (χ2v) is 8.61. The third-order valence-electron chi connectivity index (χ3n) is 4.58. The van der Waals surface area contributed by atoms with E-state index in [1.807, 2.05) is 6.92 Å². The first kappa shape index (κ1) is 21.8. The highest BCUT2D eigenvalue weighted by Crippen LogP contribution is 2.23. The van der Waals surface area contributed by atoms with Crippen LogP contribution < -0.4 is 5.14 Å². The molecule has 0 atom stereocenters. The van der Waals surface area contributed by atoms with Gasteiger partial charge >= 0.3 is 5.97 Å². The third kappa shape index (κ3) is 4.46. The summed E-state index contributed by atoms with van der Waals surface area (Å²) in [5.41, 5.74) is 2.65. The number of nitrogens with zero attached hydrogens (tertiary/aromatic N) is 1. The summed E-state index contributed by atoms with van der Waals surface area (Å²) in [6.07, 6.45) is 0. The Morgan fingerprint density at radius 2 is 1.67 bits per heavy atom. The van der Waals surface area contributed by atoms with Crippen LogP contribution in [0.25, 0.3) is 5.69 Å². The number of sulfonamides is 1. The molecule has 0 bridgehead atoms. The molecule has 0 radical (unpaired) electrons. The molecule has 0 amide bonds. The number of ketones is 1. The summed E-state index contributed by atoms with van der Waals surface area (Å²) in [5.74, 6) is -1.04. The van der Waals surface area contributed by atoms with Gasteiger partial charge in [0.05, 0.1) is 15.5 Å². The van der Waals surface area contributed by atoms with Crippen molar-refractivity contribution >= 4 is 33.4 Å². The van der Waals surface area contributed by atoms with Crippen LogP contribution in [-0.2, 0) is 14.8 Å². The van der Waals surface area contributed by atoms with E-state index in [2.05, 4.69) is 0 Å². The van der Waals surface area contributed by atoms with Crippen molar-refractivity contribution in [3.63, 3.8) is 0 Å². The zero-order valence-corrected chi connectivity index (χ0v) is 17.8. The number of hydrogen-bond acceptors (Lipinski definition) is 5. The number of carbonyl (C=O) groups is 2. The molecule has 1 aromatic heterocycles. The van der Waals surface area contributed by atoms with Crippen molar-refractivity contribution in [1.82, 2.24) is 4.57 Å². The molecular weight excluding hydrogens is 428 g/mol. The van der Waals surface area contributed by atoms with Crippen LogP contribution in [0.5, 0.6) is 0 Å². The molecule has 1 heterocycles. The third-order valence-corrected chi connectivity index (χ3v) is 5.84. The van der Waals surface area contributed by atoms with E-state index in [0.29, 0.717) is 16.9 Å². The summed E-state index contributed by atoms with van der Waals surface area (Å²) in [6, 6.07) is 14.1. The Kier molecular flexibility index (Phi) is 6.12. The smallest absolute Gasteiger partial charge is 0.340 e. The number of aromatic nitrogens is 1. The van der Waals surface area contributed by atoms with E-state index in [4.69, 9.17) is 21.5 Å². The number of primary sulfonamides is 1. The maximum absolute atomic E-state index is 12.6. The van der Waals surface area contributed by atoms with E-state index >= 15 is 0 Å². The Morgan fingerprint density at radius 3 is 2.27 bits per heavy atom. The average Bonchev–Trinajstić information content (AvgIpc) is 3.00. The van der Waals surface area contributed by atoms with Gasteiger partial charge in [0, 0.05) is 22.6 Å². The molecule has 7 nitrogen and oxygen atoms in total. The van der Waals surface area contributed by atoms with Crippen molar-refractivity contribution in [3.05, 3.63) is 82.1 Å². The lowest BCUT2D eigenvalue weighted by atomic mass is 10.1. The van der Waals surface area contributed by atoms with Crippen molar-refractivity contribution in [2.24, 2.45) is 5.14 Å². The fourth-order valence-electron chi connectivity index (χ4n) is 3.14. The molecule has 2 N–H and O–H groups in total. The Labute approximate surface area is 179 Å². The van der Waals surface area contributed by atoms with Crippen LogP contribution in [0.15, 0.2) is 59.5 Å². The molecule has 156 valence electrons. The number of halogens is 1. The molecule has 0 fully saturated rings. The Balaban J connectivity index is 1.80. The first-order valence-electron chi connectivity index (χ1n) is 8.86. The topological polar surface area (TPSA) is 108 Å². The Bertz CT molecular complexity index is 1230. The lowest BCUT2D eigenvalue weighted by Gasteiger charge is -2.11. The van der Waals surface area contributed by atoms with Gasteiger partial charge in [0.2, 0.25) is 15.8 Å². The number of ether oxygens (including phenoxy) is 1. The van der Waals surface area contributed by atoms with E-state index in [9.17, 15) is 18.0 Å². The maximum Gasteiger partial charge on any atom is 0.340 e. The van der Waals surface area contributed by atoms with E-state index < -0.39 is 22.6 Å². The van der Waals surface area contributed by atoms with Gasteiger partial charge in [0.1, 0.15) is 0 Å². The molecule has 0 spiro atoms. The van der Waals surface area contributed by atoms with Crippen LogP contribution in [0.2, 0.25) is 5.02 Å².